The normalized spacial score (nSPS) is 10.0. The zero-order chi connectivity index (χ0) is 29.7. The summed E-state index contributed by atoms with van der Waals surface area (Å²) >= 11 is 0. The summed E-state index contributed by atoms with van der Waals surface area (Å²) in [5.74, 6) is -2.47. The monoisotopic (exact) mass is 540 g/mol. The summed E-state index contributed by atoms with van der Waals surface area (Å²) in [5, 5.41) is 9.00. The maximum absolute atomic E-state index is 12.2. The van der Waals surface area contributed by atoms with Crippen LogP contribution in [0.2, 0.25) is 0 Å². The van der Waals surface area contributed by atoms with Crippen molar-refractivity contribution in [1.29, 1.82) is 0 Å². The van der Waals surface area contributed by atoms with Gasteiger partial charge in [-0.15, -0.1) is 0 Å². The van der Waals surface area contributed by atoms with E-state index >= 15 is 0 Å². The highest BCUT2D eigenvalue weighted by Crippen LogP contribution is 2.14. The zero-order valence-electron chi connectivity index (χ0n) is 23.3. The quantitative estimate of drug-likeness (QED) is 0.254. The summed E-state index contributed by atoms with van der Waals surface area (Å²) in [6.45, 7) is 8.37. The van der Waals surface area contributed by atoms with Gasteiger partial charge in [-0.25, -0.2) is 9.59 Å². The van der Waals surface area contributed by atoms with Crippen molar-refractivity contribution in [3.63, 3.8) is 0 Å². The number of esters is 1. The second kappa shape index (κ2) is 15.8. The summed E-state index contributed by atoms with van der Waals surface area (Å²) in [6.07, 6.45) is 2.25. The molecule has 2 aromatic carbocycles. The van der Waals surface area contributed by atoms with Crippen molar-refractivity contribution in [2.24, 2.45) is 0 Å². The van der Waals surface area contributed by atoms with Gasteiger partial charge in [-0.05, 0) is 63.1 Å². The van der Waals surface area contributed by atoms with Crippen LogP contribution < -0.4 is 0 Å². The summed E-state index contributed by atoms with van der Waals surface area (Å²) < 4.78 is 4.89. The number of rotatable bonds is 11. The van der Waals surface area contributed by atoms with E-state index in [1.807, 2.05) is 13.8 Å². The molecule has 10 nitrogen and oxygen atoms in total. The molecule has 210 valence electrons. The molecule has 0 aliphatic carbocycles. The Labute approximate surface area is 228 Å². The maximum atomic E-state index is 12.2. The lowest BCUT2D eigenvalue weighted by atomic mass is 10.0. The average Bonchev–Trinajstić information content (AvgIpc) is 2.92. The van der Waals surface area contributed by atoms with Gasteiger partial charge in [0, 0.05) is 49.4 Å². The van der Waals surface area contributed by atoms with Crippen LogP contribution in [0.4, 0.5) is 0 Å². The predicted molar refractivity (Wildman–Crippen MR) is 146 cm³/mol. The number of benzene rings is 2. The Balaban J connectivity index is 0.000000391. The number of ether oxygens (including phenoxy) is 1. The average molecular weight is 541 g/mol. The van der Waals surface area contributed by atoms with Gasteiger partial charge in [0.2, 0.25) is 0 Å². The Morgan fingerprint density at radius 2 is 1.18 bits per heavy atom. The number of carboxylic acids is 1. The van der Waals surface area contributed by atoms with Gasteiger partial charge < -0.3 is 19.6 Å². The highest BCUT2D eigenvalue weighted by molar-refractivity contribution is 6.03. The van der Waals surface area contributed by atoms with Gasteiger partial charge in [0.25, 0.3) is 11.8 Å². The molecule has 10 heteroatoms. The van der Waals surface area contributed by atoms with E-state index in [1.165, 1.54) is 48.2 Å². The van der Waals surface area contributed by atoms with Gasteiger partial charge in [-0.1, -0.05) is 13.8 Å². The molecule has 39 heavy (non-hydrogen) atoms. The number of aromatic carboxylic acids is 1. The minimum absolute atomic E-state index is 0.0547. The van der Waals surface area contributed by atoms with Crippen molar-refractivity contribution in [2.75, 3.05) is 33.8 Å². The number of amides is 2. The first kappa shape index (κ1) is 32.7. The third-order valence-electron chi connectivity index (χ3n) is 5.49. The number of hydrogen-bond donors (Lipinski definition) is 1. The first-order valence-electron chi connectivity index (χ1n) is 12.6. The van der Waals surface area contributed by atoms with Crippen molar-refractivity contribution < 1.29 is 38.6 Å². The molecule has 0 saturated carbocycles. The molecule has 0 aromatic heterocycles. The molecule has 2 amide bonds. The number of carbonyl (C=O) groups excluding carboxylic acids is 5. The van der Waals surface area contributed by atoms with Crippen LogP contribution in [0.5, 0.6) is 0 Å². The van der Waals surface area contributed by atoms with Crippen LogP contribution >= 0.6 is 0 Å². The lowest BCUT2D eigenvalue weighted by Crippen LogP contribution is -2.27. The first-order valence-corrected chi connectivity index (χ1v) is 12.6. The van der Waals surface area contributed by atoms with E-state index in [4.69, 9.17) is 9.84 Å². The Morgan fingerprint density at radius 1 is 0.744 bits per heavy atom. The van der Waals surface area contributed by atoms with E-state index in [9.17, 15) is 28.8 Å². The number of Topliss-reactive ketones (excluding diaryl/α,β-unsaturated/α-hetero) is 1. The van der Waals surface area contributed by atoms with E-state index in [0.717, 1.165) is 12.8 Å². The molecule has 0 atom stereocenters. The molecule has 0 saturated heterocycles. The fraction of sp³-hybridized carbons (Fsp3) is 0.379. The van der Waals surface area contributed by atoms with Gasteiger partial charge in [0.1, 0.15) is 6.29 Å². The van der Waals surface area contributed by atoms with Crippen LogP contribution in [0.3, 0.4) is 0 Å². The molecule has 0 aliphatic heterocycles. The van der Waals surface area contributed by atoms with Gasteiger partial charge >= 0.3 is 11.9 Å². The summed E-state index contributed by atoms with van der Waals surface area (Å²) in [7, 11) is 3.33. The second-order valence-electron chi connectivity index (χ2n) is 8.80. The predicted octanol–water partition coefficient (Wildman–Crippen LogP) is 4.23. The standard InChI is InChI=1S/C15H19NO4.C14H17NO4/c1-4-6-16(3)14(18)12-7-11(10-17)8-13(9-12)15(19)20-5-2;1-4-5-15(3)13(17)11-6-10(9(2)16)7-12(8-11)14(18)19/h7-10H,4-6H2,1-3H3;6-8H,4-5H2,1-3H3,(H,18,19). The lowest BCUT2D eigenvalue weighted by molar-refractivity contribution is 0.0525. The van der Waals surface area contributed by atoms with Crippen molar-refractivity contribution in [3.05, 3.63) is 69.8 Å². The SMILES string of the molecule is CCCN(C)C(=O)c1cc(C(C)=O)cc(C(=O)O)c1.CCCN(C)C(=O)c1cc(C=O)cc(C(=O)OCC)c1. The van der Waals surface area contributed by atoms with Crippen molar-refractivity contribution >= 4 is 35.8 Å². The van der Waals surface area contributed by atoms with E-state index in [1.54, 1.807) is 25.9 Å². The van der Waals surface area contributed by atoms with Crippen molar-refractivity contribution in [1.82, 2.24) is 9.80 Å². The smallest absolute Gasteiger partial charge is 0.338 e. The van der Waals surface area contributed by atoms with Gasteiger partial charge in [-0.3, -0.25) is 19.2 Å². The lowest BCUT2D eigenvalue weighted by Gasteiger charge is -2.16. The third-order valence-corrected chi connectivity index (χ3v) is 5.49. The van der Waals surface area contributed by atoms with Gasteiger partial charge in [0.05, 0.1) is 17.7 Å². The Bertz CT molecular complexity index is 1190. The zero-order valence-corrected chi connectivity index (χ0v) is 23.3. The number of aldehydes is 1. The molecule has 0 spiro atoms. The topological polar surface area (TPSA) is 138 Å². The van der Waals surface area contributed by atoms with Crippen LogP contribution in [0.25, 0.3) is 0 Å². The van der Waals surface area contributed by atoms with Crippen LogP contribution in [0.1, 0.15) is 103 Å². The molecule has 0 radical (unpaired) electrons. The fourth-order valence-electron chi connectivity index (χ4n) is 3.57. The largest absolute Gasteiger partial charge is 0.478 e. The number of hydrogen-bond acceptors (Lipinski definition) is 7. The van der Waals surface area contributed by atoms with Gasteiger partial charge in [-0.2, -0.15) is 0 Å². The Morgan fingerprint density at radius 3 is 1.62 bits per heavy atom. The summed E-state index contributed by atoms with van der Waals surface area (Å²) in [6, 6.07) is 8.36. The molecule has 0 fully saturated rings. The molecule has 0 heterocycles. The second-order valence-corrected chi connectivity index (χ2v) is 8.80. The number of carboxylic acid groups (broad SMARTS) is 1. The molecule has 2 aromatic rings. The molecular formula is C29H36N2O8. The molecule has 1 N–H and O–H groups in total. The van der Waals surface area contributed by atoms with Crippen molar-refractivity contribution in [2.45, 2.75) is 40.5 Å². The van der Waals surface area contributed by atoms with E-state index in [-0.39, 0.29) is 52.0 Å². The fourth-order valence-corrected chi connectivity index (χ4v) is 3.57. The van der Waals surface area contributed by atoms with Crippen LogP contribution in [-0.2, 0) is 4.74 Å². The minimum Gasteiger partial charge on any atom is -0.478 e. The number of carbonyl (C=O) groups is 6. The van der Waals surface area contributed by atoms with Crippen LogP contribution in [0.15, 0.2) is 36.4 Å². The maximum Gasteiger partial charge on any atom is 0.338 e. The molecule has 2 rings (SSSR count). The molecule has 0 unspecified atom stereocenters. The van der Waals surface area contributed by atoms with E-state index in [2.05, 4.69) is 0 Å². The summed E-state index contributed by atoms with van der Waals surface area (Å²) in [4.78, 5) is 72.4. The Kier molecular flexibility index (Phi) is 13.2. The highest BCUT2D eigenvalue weighted by Gasteiger charge is 2.17. The first-order chi connectivity index (χ1) is 18.4. The highest BCUT2D eigenvalue weighted by atomic mass is 16.5. The van der Waals surface area contributed by atoms with E-state index in [0.29, 0.717) is 24.9 Å². The number of nitrogens with zero attached hydrogens (tertiary/aromatic N) is 2. The summed E-state index contributed by atoms with van der Waals surface area (Å²) in [5.41, 5.74) is 1.21. The molecule has 0 aliphatic rings. The van der Waals surface area contributed by atoms with E-state index < -0.39 is 11.9 Å². The minimum atomic E-state index is -1.16. The Hall–Kier alpha value is -4.34. The number of ketones is 1. The van der Waals surface area contributed by atoms with Crippen LogP contribution in [-0.4, -0.2) is 84.5 Å². The molecule has 0 bridgehead atoms. The van der Waals surface area contributed by atoms with Crippen molar-refractivity contribution in [3.8, 4) is 0 Å². The molecular weight excluding hydrogens is 504 g/mol. The van der Waals surface area contributed by atoms with Crippen LogP contribution in [0, 0.1) is 0 Å². The third kappa shape index (κ3) is 9.81. The van der Waals surface area contributed by atoms with Gasteiger partial charge in [0.15, 0.2) is 5.78 Å².